The van der Waals surface area contributed by atoms with Crippen molar-refractivity contribution >= 4 is 17.3 Å². The Labute approximate surface area is 107 Å². The smallest absolute Gasteiger partial charge is 0.142 e. The van der Waals surface area contributed by atoms with E-state index in [0.717, 1.165) is 30.7 Å². The molecule has 0 heterocycles. The molecule has 17 heavy (non-hydrogen) atoms. The molecule has 2 unspecified atom stereocenters. The van der Waals surface area contributed by atoms with E-state index in [-0.39, 0.29) is 0 Å². The SMILES string of the molecule is COc1ccc(Cl)cc1NC1CCCC(N)C1. The highest BCUT2D eigenvalue weighted by Crippen LogP contribution is 2.30. The first-order chi connectivity index (χ1) is 8.19. The van der Waals surface area contributed by atoms with Crippen molar-refractivity contribution in [2.75, 3.05) is 12.4 Å². The van der Waals surface area contributed by atoms with E-state index in [4.69, 9.17) is 22.1 Å². The van der Waals surface area contributed by atoms with E-state index in [0.29, 0.717) is 17.1 Å². The summed E-state index contributed by atoms with van der Waals surface area (Å²) in [6.07, 6.45) is 4.48. The van der Waals surface area contributed by atoms with Crippen LogP contribution < -0.4 is 15.8 Å². The zero-order valence-corrected chi connectivity index (χ0v) is 10.8. The van der Waals surface area contributed by atoms with Gasteiger partial charge >= 0.3 is 0 Å². The molecule has 0 saturated heterocycles. The average molecular weight is 255 g/mol. The molecule has 94 valence electrons. The van der Waals surface area contributed by atoms with Gasteiger partial charge in [-0.3, -0.25) is 0 Å². The van der Waals surface area contributed by atoms with Crippen molar-refractivity contribution in [2.24, 2.45) is 5.73 Å². The van der Waals surface area contributed by atoms with E-state index in [1.807, 2.05) is 18.2 Å². The summed E-state index contributed by atoms with van der Waals surface area (Å²) in [5.41, 5.74) is 6.94. The van der Waals surface area contributed by atoms with Gasteiger partial charge < -0.3 is 15.8 Å². The number of nitrogens with one attached hydrogen (secondary N) is 1. The van der Waals surface area contributed by atoms with Crippen molar-refractivity contribution in [1.29, 1.82) is 0 Å². The second kappa shape index (κ2) is 5.61. The Kier molecular flexibility index (Phi) is 4.13. The second-order valence-electron chi connectivity index (χ2n) is 4.61. The highest BCUT2D eigenvalue weighted by molar-refractivity contribution is 6.30. The minimum Gasteiger partial charge on any atom is -0.495 e. The van der Waals surface area contributed by atoms with Gasteiger partial charge in [0.05, 0.1) is 12.8 Å². The Morgan fingerprint density at radius 1 is 1.41 bits per heavy atom. The van der Waals surface area contributed by atoms with Crippen LogP contribution in [0.1, 0.15) is 25.7 Å². The molecule has 2 rings (SSSR count). The van der Waals surface area contributed by atoms with Gasteiger partial charge in [-0.1, -0.05) is 11.6 Å². The molecule has 1 aliphatic rings. The molecule has 0 spiro atoms. The monoisotopic (exact) mass is 254 g/mol. The maximum atomic E-state index is 6.00. The summed E-state index contributed by atoms with van der Waals surface area (Å²) in [4.78, 5) is 0. The fourth-order valence-electron chi connectivity index (χ4n) is 2.37. The third kappa shape index (κ3) is 3.27. The highest BCUT2D eigenvalue weighted by Gasteiger charge is 2.19. The highest BCUT2D eigenvalue weighted by atomic mass is 35.5. The van der Waals surface area contributed by atoms with E-state index < -0.39 is 0 Å². The van der Waals surface area contributed by atoms with Gasteiger partial charge in [0, 0.05) is 17.1 Å². The maximum Gasteiger partial charge on any atom is 0.142 e. The van der Waals surface area contributed by atoms with E-state index in [1.165, 1.54) is 6.42 Å². The lowest BCUT2D eigenvalue weighted by Crippen LogP contribution is -2.34. The van der Waals surface area contributed by atoms with Gasteiger partial charge in [0.1, 0.15) is 5.75 Å². The molecule has 0 aromatic heterocycles. The molecule has 1 aliphatic carbocycles. The van der Waals surface area contributed by atoms with Crippen molar-refractivity contribution < 1.29 is 4.74 Å². The summed E-state index contributed by atoms with van der Waals surface area (Å²) in [5.74, 6) is 0.827. The normalized spacial score (nSPS) is 24.4. The minimum absolute atomic E-state index is 0.312. The molecular weight excluding hydrogens is 236 g/mol. The summed E-state index contributed by atoms with van der Waals surface area (Å²) in [5, 5.41) is 4.20. The lowest BCUT2D eigenvalue weighted by molar-refractivity contribution is 0.400. The predicted octanol–water partition coefficient (Wildman–Crippen LogP) is 3.03. The molecule has 1 aromatic carbocycles. The van der Waals surface area contributed by atoms with Crippen LogP contribution in [0.3, 0.4) is 0 Å². The summed E-state index contributed by atoms with van der Waals surface area (Å²) in [6.45, 7) is 0. The molecule has 4 heteroatoms. The standard InChI is InChI=1S/C13H19ClN2O/c1-17-13-6-5-9(14)7-12(13)16-11-4-2-3-10(15)8-11/h5-7,10-11,16H,2-4,8,15H2,1H3. The maximum absolute atomic E-state index is 6.00. The molecule has 1 fully saturated rings. The number of nitrogens with two attached hydrogens (primary N) is 1. The number of ether oxygens (including phenoxy) is 1. The van der Waals surface area contributed by atoms with Crippen molar-refractivity contribution in [3.8, 4) is 5.75 Å². The fraction of sp³-hybridized carbons (Fsp3) is 0.538. The molecule has 1 aromatic rings. The van der Waals surface area contributed by atoms with E-state index in [2.05, 4.69) is 5.32 Å². The third-order valence-corrected chi connectivity index (χ3v) is 3.47. The predicted molar refractivity (Wildman–Crippen MR) is 71.9 cm³/mol. The molecule has 2 atom stereocenters. The molecule has 3 N–H and O–H groups in total. The molecule has 0 amide bonds. The van der Waals surface area contributed by atoms with Gasteiger partial charge in [-0.25, -0.2) is 0 Å². The number of anilines is 1. The Hall–Kier alpha value is -0.930. The average Bonchev–Trinajstić information content (AvgIpc) is 2.29. The van der Waals surface area contributed by atoms with Crippen molar-refractivity contribution in [1.82, 2.24) is 0 Å². The van der Waals surface area contributed by atoms with Gasteiger partial charge in [0.15, 0.2) is 0 Å². The molecule has 0 aliphatic heterocycles. The molecule has 3 nitrogen and oxygen atoms in total. The number of hydrogen-bond acceptors (Lipinski definition) is 3. The largest absolute Gasteiger partial charge is 0.495 e. The summed E-state index contributed by atoms with van der Waals surface area (Å²) in [6, 6.07) is 6.35. The summed E-state index contributed by atoms with van der Waals surface area (Å²) in [7, 11) is 1.67. The topological polar surface area (TPSA) is 47.3 Å². The molecular formula is C13H19ClN2O. The molecule has 0 radical (unpaired) electrons. The van der Waals surface area contributed by atoms with Crippen LogP contribution >= 0.6 is 11.6 Å². The number of hydrogen-bond donors (Lipinski definition) is 2. The van der Waals surface area contributed by atoms with Crippen molar-refractivity contribution in [3.63, 3.8) is 0 Å². The third-order valence-electron chi connectivity index (χ3n) is 3.24. The van der Waals surface area contributed by atoms with Gasteiger partial charge in [0.2, 0.25) is 0 Å². The number of halogens is 1. The van der Waals surface area contributed by atoms with Crippen LogP contribution in [0.4, 0.5) is 5.69 Å². The minimum atomic E-state index is 0.312. The van der Waals surface area contributed by atoms with Gasteiger partial charge in [-0.15, -0.1) is 0 Å². The van der Waals surface area contributed by atoms with Crippen LogP contribution in [-0.4, -0.2) is 19.2 Å². The van der Waals surface area contributed by atoms with Crippen LogP contribution in [-0.2, 0) is 0 Å². The van der Waals surface area contributed by atoms with Gasteiger partial charge in [-0.2, -0.15) is 0 Å². The Balaban J connectivity index is 2.08. The summed E-state index contributed by atoms with van der Waals surface area (Å²) >= 11 is 6.00. The lowest BCUT2D eigenvalue weighted by Gasteiger charge is -2.28. The second-order valence-corrected chi connectivity index (χ2v) is 5.05. The number of rotatable bonds is 3. The Morgan fingerprint density at radius 2 is 2.24 bits per heavy atom. The van der Waals surface area contributed by atoms with Crippen LogP contribution in [0.15, 0.2) is 18.2 Å². The van der Waals surface area contributed by atoms with E-state index in [9.17, 15) is 0 Å². The van der Waals surface area contributed by atoms with Crippen LogP contribution in [0.2, 0.25) is 5.02 Å². The van der Waals surface area contributed by atoms with Crippen LogP contribution in [0.5, 0.6) is 5.75 Å². The summed E-state index contributed by atoms with van der Waals surface area (Å²) < 4.78 is 5.32. The van der Waals surface area contributed by atoms with Crippen LogP contribution in [0, 0.1) is 0 Å². The van der Waals surface area contributed by atoms with Gasteiger partial charge in [-0.05, 0) is 43.9 Å². The molecule has 1 saturated carbocycles. The molecule has 0 bridgehead atoms. The quantitative estimate of drug-likeness (QED) is 0.872. The van der Waals surface area contributed by atoms with E-state index in [1.54, 1.807) is 7.11 Å². The number of benzene rings is 1. The first kappa shape index (κ1) is 12.5. The lowest BCUT2D eigenvalue weighted by atomic mass is 9.91. The van der Waals surface area contributed by atoms with E-state index >= 15 is 0 Å². The van der Waals surface area contributed by atoms with Crippen molar-refractivity contribution in [2.45, 2.75) is 37.8 Å². The Morgan fingerprint density at radius 3 is 2.94 bits per heavy atom. The zero-order valence-electron chi connectivity index (χ0n) is 10.1. The first-order valence-electron chi connectivity index (χ1n) is 6.04. The van der Waals surface area contributed by atoms with Gasteiger partial charge in [0.25, 0.3) is 0 Å². The van der Waals surface area contributed by atoms with Crippen LogP contribution in [0.25, 0.3) is 0 Å². The van der Waals surface area contributed by atoms with Crippen molar-refractivity contribution in [3.05, 3.63) is 23.2 Å². The fourth-order valence-corrected chi connectivity index (χ4v) is 2.54. The first-order valence-corrected chi connectivity index (χ1v) is 6.42. The number of methoxy groups -OCH3 is 1. The zero-order chi connectivity index (χ0) is 12.3. The Bertz CT molecular complexity index is 384.